The van der Waals surface area contributed by atoms with Crippen LogP contribution >= 0.6 is 0 Å². The van der Waals surface area contributed by atoms with Gasteiger partial charge in [-0.1, -0.05) is 12.1 Å². The van der Waals surface area contributed by atoms with Gasteiger partial charge in [0.2, 0.25) is 0 Å². The van der Waals surface area contributed by atoms with Crippen molar-refractivity contribution >= 4 is 5.97 Å². The van der Waals surface area contributed by atoms with Crippen molar-refractivity contribution in [2.24, 2.45) is 5.73 Å². The molecule has 0 unspecified atom stereocenters. The highest BCUT2D eigenvalue weighted by molar-refractivity contribution is 5.89. The molecular weight excluding hydrogens is 194 g/mol. The first-order valence-corrected chi connectivity index (χ1v) is 4.82. The average molecular weight is 209 g/mol. The van der Waals surface area contributed by atoms with Gasteiger partial charge in [-0.05, 0) is 24.6 Å². The van der Waals surface area contributed by atoms with Crippen molar-refractivity contribution in [3.63, 3.8) is 0 Å². The van der Waals surface area contributed by atoms with Crippen LogP contribution in [0.5, 0.6) is 0 Å². The lowest BCUT2D eigenvalue weighted by Gasteiger charge is -2.08. The Morgan fingerprint density at radius 1 is 1.47 bits per heavy atom. The van der Waals surface area contributed by atoms with Crippen LogP contribution in [-0.2, 0) is 4.74 Å². The Hall–Kier alpha value is -1.39. The van der Waals surface area contributed by atoms with E-state index in [1.54, 1.807) is 31.2 Å². The summed E-state index contributed by atoms with van der Waals surface area (Å²) in [6, 6.07) is 6.31. The van der Waals surface area contributed by atoms with E-state index in [-0.39, 0.29) is 12.6 Å². The standard InChI is InChI=1S/C11H15NO3/c1-2-15-11(14)9-5-3-8(4-6-9)10(12)7-13/h3-6,10,13H,2,7,12H2,1H3/t10-/m1/s1. The molecule has 4 nitrogen and oxygen atoms in total. The number of aliphatic hydroxyl groups is 1. The number of hydrogen-bond donors (Lipinski definition) is 2. The summed E-state index contributed by atoms with van der Waals surface area (Å²) in [5, 5.41) is 8.83. The molecule has 1 rings (SSSR count). The van der Waals surface area contributed by atoms with E-state index < -0.39 is 6.04 Å². The number of carbonyl (C=O) groups is 1. The Kier molecular flexibility index (Phi) is 4.27. The molecule has 0 aromatic heterocycles. The molecule has 0 radical (unpaired) electrons. The lowest BCUT2D eigenvalue weighted by Crippen LogP contribution is -2.14. The molecule has 0 aliphatic carbocycles. The van der Waals surface area contributed by atoms with Gasteiger partial charge in [0.1, 0.15) is 0 Å². The molecule has 0 heterocycles. The molecule has 15 heavy (non-hydrogen) atoms. The molecule has 0 bridgehead atoms. The summed E-state index contributed by atoms with van der Waals surface area (Å²) in [6.07, 6.45) is 0. The fourth-order valence-corrected chi connectivity index (χ4v) is 1.19. The monoisotopic (exact) mass is 209 g/mol. The molecule has 0 spiro atoms. The van der Waals surface area contributed by atoms with Gasteiger partial charge in [0.15, 0.2) is 0 Å². The van der Waals surface area contributed by atoms with Crippen LogP contribution in [0.4, 0.5) is 0 Å². The Bertz CT molecular complexity index is 321. The summed E-state index contributed by atoms with van der Waals surface area (Å²) in [7, 11) is 0. The van der Waals surface area contributed by atoms with Crippen LogP contribution in [-0.4, -0.2) is 24.3 Å². The van der Waals surface area contributed by atoms with Crippen molar-refractivity contribution < 1.29 is 14.6 Å². The van der Waals surface area contributed by atoms with Crippen LogP contribution in [0.2, 0.25) is 0 Å². The number of esters is 1. The largest absolute Gasteiger partial charge is 0.462 e. The van der Waals surface area contributed by atoms with Crippen molar-refractivity contribution in [3.05, 3.63) is 35.4 Å². The van der Waals surface area contributed by atoms with Gasteiger partial charge in [-0.3, -0.25) is 0 Å². The van der Waals surface area contributed by atoms with Gasteiger partial charge in [0, 0.05) is 0 Å². The normalized spacial score (nSPS) is 12.2. The molecule has 4 heteroatoms. The maximum atomic E-state index is 11.3. The van der Waals surface area contributed by atoms with Gasteiger partial charge in [-0.25, -0.2) is 4.79 Å². The summed E-state index contributed by atoms with van der Waals surface area (Å²) in [5.41, 5.74) is 6.90. The Morgan fingerprint density at radius 2 is 2.07 bits per heavy atom. The highest BCUT2D eigenvalue weighted by atomic mass is 16.5. The van der Waals surface area contributed by atoms with Crippen molar-refractivity contribution in [2.45, 2.75) is 13.0 Å². The van der Waals surface area contributed by atoms with Crippen LogP contribution in [0.15, 0.2) is 24.3 Å². The van der Waals surface area contributed by atoms with Crippen LogP contribution in [0.3, 0.4) is 0 Å². The van der Waals surface area contributed by atoms with Gasteiger partial charge in [0.25, 0.3) is 0 Å². The molecule has 0 saturated heterocycles. The van der Waals surface area contributed by atoms with E-state index in [1.807, 2.05) is 0 Å². The summed E-state index contributed by atoms with van der Waals surface area (Å²) >= 11 is 0. The molecule has 0 aliphatic heterocycles. The summed E-state index contributed by atoms with van der Waals surface area (Å²) < 4.78 is 4.84. The Balaban J connectivity index is 2.76. The van der Waals surface area contributed by atoms with E-state index in [9.17, 15) is 4.79 Å². The highest BCUT2D eigenvalue weighted by Crippen LogP contribution is 2.11. The molecule has 3 N–H and O–H groups in total. The van der Waals surface area contributed by atoms with Gasteiger partial charge >= 0.3 is 5.97 Å². The zero-order valence-corrected chi connectivity index (χ0v) is 8.64. The predicted molar refractivity (Wildman–Crippen MR) is 56.4 cm³/mol. The van der Waals surface area contributed by atoms with Crippen LogP contribution < -0.4 is 5.73 Å². The number of carbonyl (C=O) groups excluding carboxylic acids is 1. The first-order chi connectivity index (χ1) is 7.19. The maximum Gasteiger partial charge on any atom is 0.338 e. The fraction of sp³-hybridized carbons (Fsp3) is 0.364. The number of rotatable bonds is 4. The molecule has 0 amide bonds. The molecule has 1 aromatic carbocycles. The SMILES string of the molecule is CCOC(=O)c1ccc([C@H](N)CO)cc1. The topological polar surface area (TPSA) is 72.5 Å². The number of benzene rings is 1. The Morgan fingerprint density at radius 3 is 2.53 bits per heavy atom. The minimum absolute atomic E-state index is 0.112. The number of hydrogen-bond acceptors (Lipinski definition) is 4. The summed E-state index contributed by atoms with van der Waals surface area (Å²) in [5.74, 6) is -0.346. The number of ether oxygens (including phenoxy) is 1. The van der Waals surface area contributed by atoms with Crippen molar-refractivity contribution in [1.82, 2.24) is 0 Å². The minimum Gasteiger partial charge on any atom is -0.462 e. The van der Waals surface area contributed by atoms with Crippen LogP contribution in [0.25, 0.3) is 0 Å². The third-order valence-electron chi connectivity index (χ3n) is 2.05. The molecule has 0 fully saturated rings. The van der Waals surface area contributed by atoms with Crippen molar-refractivity contribution in [1.29, 1.82) is 0 Å². The fourth-order valence-electron chi connectivity index (χ4n) is 1.19. The van der Waals surface area contributed by atoms with Gasteiger partial charge in [-0.15, -0.1) is 0 Å². The molecule has 1 aromatic rings. The minimum atomic E-state index is -0.402. The first-order valence-electron chi connectivity index (χ1n) is 4.82. The quantitative estimate of drug-likeness (QED) is 0.721. The maximum absolute atomic E-state index is 11.3. The number of nitrogens with two attached hydrogens (primary N) is 1. The van der Waals surface area contributed by atoms with E-state index in [4.69, 9.17) is 15.6 Å². The van der Waals surface area contributed by atoms with Crippen LogP contribution in [0, 0.1) is 0 Å². The first kappa shape index (κ1) is 11.7. The van der Waals surface area contributed by atoms with E-state index in [0.29, 0.717) is 12.2 Å². The zero-order valence-electron chi connectivity index (χ0n) is 8.64. The predicted octanol–water partition coefficient (Wildman–Crippen LogP) is 0.855. The van der Waals surface area contributed by atoms with Gasteiger partial charge < -0.3 is 15.6 Å². The molecule has 1 atom stereocenters. The van der Waals surface area contributed by atoms with E-state index >= 15 is 0 Å². The number of aliphatic hydroxyl groups excluding tert-OH is 1. The van der Waals surface area contributed by atoms with Gasteiger partial charge in [0.05, 0.1) is 24.8 Å². The highest BCUT2D eigenvalue weighted by Gasteiger charge is 2.08. The summed E-state index contributed by atoms with van der Waals surface area (Å²) in [4.78, 5) is 11.3. The molecular formula is C11H15NO3. The third kappa shape index (κ3) is 3.04. The molecule has 82 valence electrons. The molecule has 0 saturated carbocycles. The smallest absolute Gasteiger partial charge is 0.338 e. The Labute approximate surface area is 88.7 Å². The third-order valence-corrected chi connectivity index (χ3v) is 2.05. The second-order valence-electron chi connectivity index (χ2n) is 3.13. The van der Waals surface area contributed by atoms with E-state index in [2.05, 4.69) is 0 Å². The van der Waals surface area contributed by atoms with Crippen molar-refractivity contribution in [2.75, 3.05) is 13.2 Å². The van der Waals surface area contributed by atoms with Crippen LogP contribution in [0.1, 0.15) is 28.9 Å². The van der Waals surface area contributed by atoms with Gasteiger partial charge in [-0.2, -0.15) is 0 Å². The second-order valence-corrected chi connectivity index (χ2v) is 3.13. The lowest BCUT2D eigenvalue weighted by molar-refractivity contribution is 0.0526. The summed E-state index contributed by atoms with van der Waals surface area (Å²) in [6.45, 7) is 2.00. The average Bonchev–Trinajstić information content (AvgIpc) is 2.28. The van der Waals surface area contributed by atoms with E-state index in [0.717, 1.165) is 5.56 Å². The lowest BCUT2D eigenvalue weighted by atomic mass is 10.1. The zero-order chi connectivity index (χ0) is 11.3. The van der Waals surface area contributed by atoms with Crippen molar-refractivity contribution in [3.8, 4) is 0 Å². The van der Waals surface area contributed by atoms with E-state index in [1.165, 1.54) is 0 Å². The second kappa shape index (κ2) is 5.48. The molecule has 0 aliphatic rings.